The molecule has 1 atom stereocenters. The number of amides is 2. The van der Waals surface area contributed by atoms with E-state index in [1.807, 2.05) is 59.5 Å². The molecule has 3 rings (SSSR count). The van der Waals surface area contributed by atoms with Gasteiger partial charge in [-0.15, -0.1) is 0 Å². The van der Waals surface area contributed by atoms with Crippen LogP contribution in [0.3, 0.4) is 0 Å². The second-order valence-corrected chi connectivity index (χ2v) is 6.76. The van der Waals surface area contributed by atoms with Gasteiger partial charge >= 0.3 is 6.03 Å². The lowest BCUT2D eigenvalue weighted by molar-refractivity contribution is 0.123. The predicted octanol–water partition coefficient (Wildman–Crippen LogP) is 4.67. The number of ether oxygens (including phenoxy) is 1. The summed E-state index contributed by atoms with van der Waals surface area (Å²) >= 11 is 0. The van der Waals surface area contributed by atoms with Crippen LogP contribution in [-0.2, 0) is 4.74 Å². The minimum absolute atomic E-state index is 0.0208. The molecule has 1 aliphatic heterocycles. The Kier molecular flexibility index (Phi) is 6.99. The maximum Gasteiger partial charge on any atom is 0.322 e. The van der Waals surface area contributed by atoms with Gasteiger partial charge in [0.25, 0.3) is 0 Å². The molecule has 2 aromatic rings. The fraction of sp³-hybridized carbons (Fsp3) is 0.364. The summed E-state index contributed by atoms with van der Waals surface area (Å²) < 4.78 is 5.19. The van der Waals surface area contributed by atoms with E-state index in [2.05, 4.69) is 10.3 Å². The van der Waals surface area contributed by atoms with Crippen molar-refractivity contribution < 1.29 is 9.53 Å². The Labute approximate surface area is 161 Å². The van der Waals surface area contributed by atoms with E-state index < -0.39 is 0 Å². The molecule has 1 unspecified atom stereocenters. The first-order valence-corrected chi connectivity index (χ1v) is 9.52. The van der Waals surface area contributed by atoms with Gasteiger partial charge < -0.3 is 15.0 Å². The van der Waals surface area contributed by atoms with Crippen LogP contribution in [0, 0.1) is 0 Å². The Morgan fingerprint density at radius 1 is 1.22 bits per heavy atom. The minimum atomic E-state index is -0.0208. The first-order valence-electron chi connectivity index (χ1n) is 9.52. The normalized spacial score (nSPS) is 17.2. The summed E-state index contributed by atoms with van der Waals surface area (Å²) in [6.45, 7) is 1.50. The van der Waals surface area contributed by atoms with E-state index in [0.29, 0.717) is 6.61 Å². The van der Waals surface area contributed by atoms with Crippen LogP contribution in [0.4, 0.5) is 10.5 Å². The molecule has 1 aliphatic rings. The van der Waals surface area contributed by atoms with Crippen molar-refractivity contribution >= 4 is 23.9 Å². The van der Waals surface area contributed by atoms with E-state index in [-0.39, 0.29) is 12.1 Å². The molecule has 1 fully saturated rings. The summed E-state index contributed by atoms with van der Waals surface area (Å²) in [5, 5.41) is 3.03. The number of likely N-dealkylation sites (tertiary alicyclic amines) is 1. The molecular formula is C22H27N3O2. The highest BCUT2D eigenvalue weighted by Gasteiger charge is 2.26. The number of carbonyl (C=O) groups is 1. The number of methoxy groups -OCH3 is 1. The van der Waals surface area contributed by atoms with Gasteiger partial charge in [-0.05, 0) is 61.6 Å². The summed E-state index contributed by atoms with van der Waals surface area (Å²) in [6.07, 6.45) is 9.94. The number of anilines is 1. The number of piperidine rings is 1. The van der Waals surface area contributed by atoms with Crippen LogP contribution >= 0.6 is 0 Å². The predicted molar refractivity (Wildman–Crippen MR) is 109 cm³/mol. The van der Waals surface area contributed by atoms with Crippen LogP contribution in [-0.4, -0.2) is 42.2 Å². The van der Waals surface area contributed by atoms with Gasteiger partial charge in [0.2, 0.25) is 0 Å². The van der Waals surface area contributed by atoms with E-state index in [0.717, 1.165) is 42.8 Å². The lowest BCUT2D eigenvalue weighted by atomic mass is 10.00. The second-order valence-electron chi connectivity index (χ2n) is 6.76. The van der Waals surface area contributed by atoms with E-state index >= 15 is 0 Å². The Hall–Kier alpha value is -2.66. The van der Waals surface area contributed by atoms with Gasteiger partial charge in [0.05, 0.1) is 5.69 Å². The molecular weight excluding hydrogens is 338 g/mol. The number of benzene rings is 1. The lowest BCUT2D eigenvalue weighted by Crippen LogP contribution is -2.46. The zero-order chi connectivity index (χ0) is 18.9. The molecule has 1 aromatic heterocycles. The van der Waals surface area contributed by atoms with E-state index in [4.69, 9.17) is 4.74 Å². The van der Waals surface area contributed by atoms with Gasteiger partial charge in [-0.1, -0.05) is 24.3 Å². The van der Waals surface area contributed by atoms with Crippen molar-refractivity contribution in [2.24, 2.45) is 0 Å². The van der Waals surface area contributed by atoms with E-state index in [1.165, 1.54) is 6.42 Å². The smallest absolute Gasteiger partial charge is 0.322 e. The van der Waals surface area contributed by atoms with Gasteiger partial charge in [0.15, 0.2) is 0 Å². The molecule has 0 bridgehead atoms. The molecule has 5 nitrogen and oxygen atoms in total. The van der Waals surface area contributed by atoms with Gasteiger partial charge in [0, 0.05) is 38.2 Å². The fourth-order valence-electron chi connectivity index (χ4n) is 3.35. The zero-order valence-electron chi connectivity index (χ0n) is 15.8. The Morgan fingerprint density at radius 3 is 2.81 bits per heavy atom. The van der Waals surface area contributed by atoms with Crippen LogP contribution < -0.4 is 5.32 Å². The van der Waals surface area contributed by atoms with Gasteiger partial charge in [-0.2, -0.15) is 0 Å². The summed E-state index contributed by atoms with van der Waals surface area (Å²) in [7, 11) is 1.71. The number of nitrogens with one attached hydrogen (secondary N) is 1. The first-order chi connectivity index (χ1) is 13.3. The molecule has 5 heteroatoms. The number of aromatic nitrogens is 1. The number of nitrogens with zero attached hydrogens (tertiary/aromatic N) is 2. The average Bonchev–Trinajstić information content (AvgIpc) is 2.72. The number of urea groups is 1. The molecule has 0 radical (unpaired) electrons. The highest BCUT2D eigenvalue weighted by molar-refractivity contribution is 5.89. The van der Waals surface area contributed by atoms with Crippen LogP contribution in [0.25, 0.3) is 12.2 Å². The van der Waals surface area contributed by atoms with Crippen LogP contribution in [0.5, 0.6) is 0 Å². The Balaban J connectivity index is 1.58. The van der Waals surface area contributed by atoms with Crippen molar-refractivity contribution in [1.29, 1.82) is 0 Å². The maximum atomic E-state index is 12.7. The molecule has 0 aliphatic carbocycles. The van der Waals surface area contributed by atoms with Crippen molar-refractivity contribution in [3.05, 3.63) is 59.9 Å². The van der Waals surface area contributed by atoms with E-state index in [1.54, 1.807) is 13.3 Å². The minimum Gasteiger partial charge on any atom is -0.385 e. The molecule has 0 saturated carbocycles. The Bertz CT molecular complexity index is 744. The summed E-state index contributed by atoms with van der Waals surface area (Å²) in [4.78, 5) is 18.9. The molecule has 1 N–H and O–H groups in total. The monoisotopic (exact) mass is 365 g/mol. The lowest BCUT2D eigenvalue weighted by Gasteiger charge is -2.35. The number of hydrogen-bond acceptors (Lipinski definition) is 3. The highest BCUT2D eigenvalue weighted by atomic mass is 16.5. The molecule has 2 heterocycles. The number of hydrogen-bond donors (Lipinski definition) is 1. The average molecular weight is 365 g/mol. The Morgan fingerprint density at radius 2 is 2.07 bits per heavy atom. The summed E-state index contributed by atoms with van der Waals surface area (Å²) in [5.41, 5.74) is 2.79. The quantitative estimate of drug-likeness (QED) is 0.809. The summed E-state index contributed by atoms with van der Waals surface area (Å²) in [6, 6.07) is 13.9. The summed E-state index contributed by atoms with van der Waals surface area (Å²) in [5.74, 6) is 0. The van der Waals surface area contributed by atoms with Crippen molar-refractivity contribution in [2.45, 2.75) is 31.7 Å². The number of pyridine rings is 1. The largest absolute Gasteiger partial charge is 0.385 e. The van der Waals surface area contributed by atoms with Gasteiger partial charge in [0.1, 0.15) is 0 Å². The van der Waals surface area contributed by atoms with Crippen molar-refractivity contribution in [2.75, 3.05) is 25.6 Å². The fourth-order valence-corrected chi connectivity index (χ4v) is 3.35. The number of carbonyl (C=O) groups excluding carboxylic acids is 1. The maximum absolute atomic E-state index is 12.7. The third-order valence-corrected chi connectivity index (χ3v) is 4.84. The van der Waals surface area contributed by atoms with Gasteiger partial charge in [-0.3, -0.25) is 4.98 Å². The van der Waals surface area contributed by atoms with Crippen molar-refractivity contribution in [3.63, 3.8) is 0 Å². The topological polar surface area (TPSA) is 54.5 Å². The molecule has 1 saturated heterocycles. The van der Waals surface area contributed by atoms with Gasteiger partial charge in [-0.25, -0.2) is 4.79 Å². The molecule has 27 heavy (non-hydrogen) atoms. The highest BCUT2D eigenvalue weighted by Crippen LogP contribution is 2.21. The van der Waals surface area contributed by atoms with Crippen LogP contribution in [0.2, 0.25) is 0 Å². The van der Waals surface area contributed by atoms with Crippen molar-refractivity contribution in [3.8, 4) is 0 Å². The van der Waals surface area contributed by atoms with Crippen LogP contribution in [0.1, 0.15) is 36.9 Å². The van der Waals surface area contributed by atoms with Crippen molar-refractivity contribution in [1.82, 2.24) is 9.88 Å². The van der Waals surface area contributed by atoms with Crippen LogP contribution in [0.15, 0.2) is 48.7 Å². The SMILES string of the molecule is COCCC1CCCCN1C(=O)Nc1ccc(/C=C/c2ccccn2)cc1. The second kappa shape index (κ2) is 9.88. The first kappa shape index (κ1) is 19.1. The number of rotatable bonds is 6. The van der Waals surface area contributed by atoms with E-state index in [9.17, 15) is 4.79 Å². The zero-order valence-corrected chi connectivity index (χ0v) is 15.8. The molecule has 0 spiro atoms. The third-order valence-electron chi connectivity index (χ3n) is 4.84. The molecule has 2 amide bonds. The molecule has 1 aromatic carbocycles. The molecule has 142 valence electrons. The standard InChI is InChI=1S/C22H27N3O2/c1-27-17-14-21-7-3-5-16-25(21)22(26)24-20-12-9-18(10-13-20)8-11-19-6-2-4-15-23-19/h2,4,6,8-13,15,21H,3,5,7,14,16-17H2,1H3,(H,24,26)/b11-8+. The third kappa shape index (κ3) is 5.66.